The van der Waals surface area contributed by atoms with Crippen LogP contribution in [0.15, 0.2) is 42.6 Å². The Morgan fingerprint density at radius 2 is 2.11 bits per heavy atom. The lowest BCUT2D eigenvalue weighted by atomic mass is 10.2. The Hall–Kier alpha value is -2.43. The third kappa shape index (κ3) is 3.28. The van der Waals surface area contributed by atoms with Gasteiger partial charge in [-0.15, -0.1) is 0 Å². The number of nitrogens with zero attached hydrogens (tertiary/aromatic N) is 1. The predicted molar refractivity (Wildman–Crippen MR) is 68.4 cm³/mol. The Kier molecular flexibility index (Phi) is 4.07. The zero-order valence-electron chi connectivity index (χ0n) is 10.4. The standard InChI is InChI=1S/C14H13FN2O2/c1-19-12-5-3-2-4-10(12)8-17-14(18)11-6-7-13(15)16-9-11/h2-7,9H,8H2,1H3,(H,17,18). The van der Waals surface area contributed by atoms with E-state index in [0.717, 1.165) is 11.6 Å². The van der Waals surface area contributed by atoms with Crippen molar-refractivity contribution in [2.24, 2.45) is 0 Å². The van der Waals surface area contributed by atoms with E-state index in [-0.39, 0.29) is 5.91 Å². The smallest absolute Gasteiger partial charge is 0.253 e. The van der Waals surface area contributed by atoms with Crippen LogP contribution in [0.3, 0.4) is 0 Å². The maximum atomic E-state index is 12.6. The molecule has 98 valence electrons. The van der Waals surface area contributed by atoms with Gasteiger partial charge in [-0.25, -0.2) is 4.98 Å². The fourth-order valence-corrected chi connectivity index (χ4v) is 1.64. The lowest BCUT2D eigenvalue weighted by molar-refractivity contribution is 0.0950. The minimum atomic E-state index is -0.610. The first kappa shape index (κ1) is 13.0. The average molecular weight is 260 g/mol. The number of amides is 1. The van der Waals surface area contributed by atoms with Crippen molar-refractivity contribution < 1.29 is 13.9 Å². The number of hydrogen-bond donors (Lipinski definition) is 1. The highest BCUT2D eigenvalue weighted by atomic mass is 19.1. The summed E-state index contributed by atoms with van der Waals surface area (Å²) < 4.78 is 17.8. The van der Waals surface area contributed by atoms with Gasteiger partial charge >= 0.3 is 0 Å². The van der Waals surface area contributed by atoms with Crippen molar-refractivity contribution in [3.8, 4) is 5.75 Å². The second-order valence-electron chi connectivity index (χ2n) is 3.86. The summed E-state index contributed by atoms with van der Waals surface area (Å²) in [4.78, 5) is 15.3. The normalized spacial score (nSPS) is 10.0. The van der Waals surface area contributed by atoms with E-state index in [0.29, 0.717) is 17.9 Å². The molecule has 0 atom stereocenters. The second-order valence-corrected chi connectivity index (χ2v) is 3.86. The molecule has 0 aliphatic carbocycles. The third-order valence-electron chi connectivity index (χ3n) is 2.62. The molecule has 0 spiro atoms. The molecule has 1 aromatic carbocycles. The van der Waals surface area contributed by atoms with Gasteiger partial charge in [-0.05, 0) is 18.2 Å². The first-order valence-corrected chi connectivity index (χ1v) is 5.72. The van der Waals surface area contributed by atoms with Crippen molar-refractivity contribution in [1.82, 2.24) is 10.3 Å². The fourth-order valence-electron chi connectivity index (χ4n) is 1.64. The van der Waals surface area contributed by atoms with Crippen molar-refractivity contribution >= 4 is 5.91 Å². The van der Waals surface area contributed by atoms with E-state index >= 15 is 0 Å². The van der Waals surface area contributed by atoms with Crippen molar-refractivity contribution in [2.45, 2.75) is 6.54 Å². The Bertz CT molecular complexity index is 570. The van der Waals surface area contributed by atoms with Gasteiger partial charge in [0.1, 0.15) is 5.75 Å². The maximum Gasteiger partial charge on any atom is 0.253 e. The number of halogens is 1. The molecule has 0 fully saturated rings. The number of benzene rings is 1. The highest BCUT2D eigenvalue weighted by molar-refractivity contribution is 5.93. The quantitative estimate of drug-likeness (QED) is 0.857. The summed E-state index contributed by atoms with van der Waals surface area (Å²) in [5.74, 6) is -0.209. The van der Waals surface area contributed by atoms with Gasteiger partial charge in [0.2, 0.25) is 5.95 Å². The summed E-state index contributed by atoms with van der Waals surface area (Å²) >= 11 is 0. The van der Waals surface area contributed by atoms with Crippen LogP contribution in [0.25, 0.3) is 0 Å². The molecule has 1 aromatic heterocycles. The Balaban J connectivity index is 2.02. The van der Waals surface area contributed by atoms with Crippen LogP contribution in [0.1, 0.15) is 15.9 Å². The van der Waals surface area contributed by atoms with Crippen LogP contribution in [0, 0.1) is 5.95 Å². The lowest BCUT2D eigenvalue weighted by Crippen LogP contribution is -2.23. The van der Waals surface area contributed by atoms with E-state index < -0.39 is 5.95 Å². The summed E-state index contributed by atoms with van der Waals surface area (Å²) in [5, 5.41) is 2.73. The van der Waals surface area contributed by atoms with Gasteiger partial charge in [0, 0.05) is 18.3 Å². The molecule has 0 saturated carbocycles. The van der Waals surface area contributed by atoms with E-state index in [2.05, 4.69) is 10.3 Å². The number of aromatic nitrogens is 1. The van der Waals surface area contributed by atoms with E-state index in [1.54, 1.807) is 7.11 Å². The van der Waals surface area contributed by atoms with Gasteiger partial charge in [0.25, 0.3) is 5.91 Å². The minimum absolute atomic E-state index is 0.307. The number of carbonyl (C=O) groups excluding carboxylic acids is 1. The van der Waals surface area contributed by atoms with Crippen LogP contribution in [-0.4, -0.2) is 18.0 Å². The number of pyridine rings is 1. The monoisotopic (exact) mass is 260 g/mol. The van der Waals surface area contributed by atoms with Gasteiger partial charge in [0.05, 0.1) is 12.7 Å². The van der Waals surface area contributed by atoms with Crippen molar-refractivity contribution in [3.63, 3.8) is 0 Å². The molecule has 4 nitrogen and oxygen atoms in total. The van der Waals surface area contributed by atoms with Gasteiger partial charge < -0.3 is 10.1 Å². The molecule has 2 rings (SSSR count). The molecular weight excluding hydrogens is 247 g/mol. The van der Waals surface area contributed by atoms with Crippen LogP contribution in [0.5, 0.6) is 5.75 Å². The van der Waals surface area contributed by atoms with Gasteiger partial charge in [0.15, 0.2) is 0 Å². The largest absolute Gasteiger partial charge is 0.496 e. The molecule has 1 heterocycles. The molecule has 0 aliphatic heterocycles. The number of rotatable bonds is 4. The molecule has 0 saturated heterocycles. The Morgan fingerprint density at radius 1 is 1.32 bits per heavy atom. The van der Waals surface area contributed by atoms with Crippen molar-refractivity contribution in [2.75, 3.05) is 7.11 Å². The van der Waals surface area contributed by atoms with Gasteiger partial charge in [-0.3, -0.25) is 4.79 Å². The molecule has 0 radical (unpaired) electrons. The van der Waals surface area contributed by atoms with Crippen molar-refractivity contribution in [1.29, 1.82) is 0 Å². The molecule has 0 aliphatic rings. The molecule has 0 unspecified atom stereocenters. The minimum Gasteiger partial charge on any atom is -0.496 e. The number of nitrogens with one attached hydrogen (secondary N) is 1. The van der Waals surface area contributed by atoms with Crippen molar-refractivity contribution in [3.05, 3.63) is 59.7 Å². The zero-order chi connectivity index (χ0) is 13.7. The van der Waals surface area contributed by atoms with Crippen LogP contribution in [0.2, 0.25) is 0 Å². The number of ether oxygens (including phenoxy) is 1. The van der Waals surface area contributed by atoms with E-state index in [9.17, 15) is 9.18 Å². The molecule has 19 heavy (non-hydrogen) atoms. The number of para-hydroxylation sites is 1. The summed E-state index contributed by atoms with van der Waals surface area (Å²) in [5.41, 5.74) is 1.18. The van der Waals surface area contributed by atoms with Gasteiger partial charge in [-0.2, -0.15) is 4.39 Å². The summed E-state index contributed by atoms with van der Waals surface area (Å²) in [7, 11) is 1.57. The van der Waals surface area contributed by atoms with Crippen LogP contribution < -0.4 is 10.1 Å². The number of hydrogen-bond acceptors (Lipinski definition) is 3. The van der Waals surface area contributed by atoms with Crippen LogP contribution >= 0.6 is 0 Å². The molecule has 1 amide bonds. The Morgan fingerprint density at radius 3 is 2.79 bits per heavy atom. The summed E-state index contributed by atoms with van der Waals surface area (Å²) in [6.07, 6.45) is 1.20. The predicted octanol–water partition coefficient (Wildman–Crippen LogP) is 2.16. The lowest BCUT2D eigenvalue weighted by Gasteiger charge is -2.09. The fraction of sp³-hybridized carbons (Fsp3) is 0.143. The van der Waals surface area contributed by atoms with Crippen LogP contribution in [-0.2, 0) is 6.54 Å². The third-order valence-corrected chi connectivity index (χ3v) is 2.62. The van der Waals surface area contributed by atoms with Gasteiger partial charge in [-0.1, -0.05) is 18.2 Å². The molecule has 2 aromatic rings. The number of methoxy groups -OCH3 is 1. The van der Waals surface area contributed by atoms with E-state index in [1.165, 1.54) is 12.3 Å². The maximum absolute atomic E-state index is 12.6. The molecule has 0 bridgehead atoms. The highest BCUT2D eigenvalue weighted by Gasteiger charge is 2.07. The summed E-state index contributed by atoms with van der Waals surface area (Å²) in [6.45, 7) is 0.334. The topological polar surface area (TPSA) is 51.2 Å². The Labute approximate surface area is 110 Å². The first-order valence-electron chi connectivity index (χ1n) is 5.72. The van der Waals surface area contributed by atoms with E-state index in [1.807, 2.05) is 24.3 Å². The SMILES string of the molecule is COc1ccccc1CNC(=O)c1ccc(F)nc1. The van der Waals surface area contributed by atoms with Crippen LogP contribution in [0.4, 0.5) is 4.39 Å². The zero-order valence-corrected chi connectivity index (χ0v) is 10.4. The molecule has 1 N–H and O–H groups in total. The number of carbonyl (C=O) groups is 1. The molecule has 5 heteroatoms. The van der Waals surface area contributed by atoms with E-state index in [4.69, 9.17) is 4.74 Å². The average Bonchev–Trinajstić information content (AvgIpc) is 2.45. The molecular formula is C14H13FN2O2. The summed E-state index contributed by atoms with van der Waals surface area (Å²) in [6, 6.07) is 9.94. The second kappa shape index (κ2) is 5.95. The highest BCUT2D eigenvalue weighted by Crippen LogP contribution is 2.16. The first-order chi connectivity index (χ1) is 9.20.